The molecule has 422 valence electrons. The van der Waals surface area contributed by atoms with Crippen LogP contribution >= 0.6 is 11.6 Å². The van der Waals surface area contributed by atoms with Crippen LogP contribution in [0.2, 0.25) is 5.02 Å². The summed E-state index contributed by atoms with van der Waals surface area (Å²) in [5.74, 6) is -12.6. The summed E-state index contributed by atoms with van der Waals surface area (Å²) in [7, 11) is 0. The van der Waals surface area contributed by atoms with Gasteiger partial charge in [0.1, 0.15) is 36.6 Å². The van der Waals surface area contributed by atoms with Crippen LogP contribution in [-0.2, 0) is 58.9 Å². The van der Waals surface area contributed by atoms with Gasteiger partial charge in [-0.15, -0.1) is 0 Å². The second-order valence-corrected chi connectivity index (χ2v) is 22.0. The van der Waals surface area contributed by atoms with Crippen molar-refractivity contribution in [2.75, 3.05) is 6.79 Å². The molecule has 5 heterocycles. The van der Waals surface area contributed by atoms with Gasteiger partial charge < -0.3 is 63.8 Å². The van der Waals surface area contributed by atoms with E-state index in [1.807, 2.05) is 0 Å². The molecule has 5 aliphatic heterocycles. The molecule has 2 fully saturated rings. The van der Waals surface area contributed by atoms with E-state index in [1.54, 1.807) is 52.0 Å². The molecule has 5 N–H and O–H groups in total. The number of halogens is 1. The molecule has 2 aromatic carbocycles. The lowest BCUT2D eigenvalue weighted by molar-refractivity contribution is -0.246. The zero-order valence-electron chi connectivity index (χ0n) is 45.5. The predicted molar refractivity (Wildman–Crippen MR) is 278 cm³/mol. The van der Waals surface area contributed by atoms with Crippen LogP contribution in [0.25, 0.3) is 0 Å². The number of ether oxygens (including phenoxy) is 8. The van der Waals surface area contributed by atoms with Gasteiger partial charge in [-0.1, -0.05) is 62.7 Å². The number of aromatic hydroxyl groups is 1. The Bertz CT molecular complexity index is 2840. The van der Waals surface area contributed by atoms with E-state index in [9.17, 15) is 48.9 Å². The van der Waals surface area contributed by atoms with E-state index in [2.05, 4.69) is 10.6 Å². The number of Topliss-reactive ketones (excluding diaryl/α,β-unsaturated/α-hetero) is 2. The fraction of sp³-hybridized carbons (Fsp3) is 0.526. The molecule has 0 aromatic heterocycles. The predicted octanol–water partition coefficient (Wildman–Crippen LogP) is 6.17. The molecule has 14 atom stereocenters. The van der Waals surface area contributed by atoms with Gasteiger partial charge in [-0.25, -0.2) is 0 Å². The average molecular weight is 1110 g/mol. The summed E-state index contributed by atoms with van der Waals surface area (Å²) in [6.45, 7) is 16.7. The second kappa shape index (κ2) is 24.0. The second-order valence-electron chi connectivity index (χ2n) is 21.5. The van der Waals surface area contributed by atoms with Gasteiger partial charge in [0.2, 0.25) is 11.7 Å². The molecule has 20 nitrogen and oxygen atoms in total. The number of carbonyl (C=O) groups is 7. The van der Waals surface area contributed by atoms with Crippen molar-refractivity contribution >= 4 is 52.7 Å². The van der Waals surface area contributed by atoms with Crippen molar-refractivity contribution in [1.82, 2.24) is 10.6 Å². The Kier molecular flexibility index (Phi) is 18.3. The van der Waals surface area contributed by atoms with Crippen LogP contribution in [-0.4, -0.2) is 124 Å². The van der Waals surface area contributed by atoms with Crippen molar-refractivity contribution in [1.29, 1.82) is 0 Å². The number of fused-ring (bicyclic) bond motifs is 15. The van der Waals surface area contributed by atoms with Crippen molar-refractivity contribution < 1.29 is 86.8 Å². The number of rotatable bonds is 10. The van der Waals surface area contributed by atoms with Gasteiger partial charge in [-0.05, 0) is 65.3 Å². The number of carbonyl (C=O) groups excluding carboxylic acids is 7. The zero-order valence-corrected chi connectivity index (χ0v) is 46.2. The normalized spacial score (nSPS) is 32.5. The van der Waals surface area contributed by atoms with Crippen molar-refractivity contribution in [3.8, 4) is 11.5 Å². The molecule has 2 amide bonds. The molecule has 0 spiro atoms. The van der Waals surface area contributed by atoms with Crippen LogP contribution in [0, 0.1) is 36.0 Å². The van der Waals surface area contributed by atoms with Crippen molar-refractivity contribution in [3.05, 3.63) is 105 Å². The van der Waals surface area contributed by atoms with Gasteiger partial charge in [0.25, 0.3) is 11.7 Å². The Labute approximate surface area is 457 Å². The molecule has 0 radical (unpaired) electrons. The molecule has 0 saturated carbocycles. The molecule has 2 saturated heterocycles. The van der Waals surface area contributed by atoms with Crippen molar-refractivity contribution in [2.45, 2.75) is 156 Å². The number of benzene rings is 2. The summed E-state index contributed by atoms with van der Waals surface area (Å²) in [5, 5.41) is 41.8. The Morgan fingerprint density at radius 1 is 0.974 bits per heavy atom. The van der Waals surface area contributed by atoms with Crippen molar-refractivity contribution in [2.24, 2.45) is 29.1 Å². The van der Waals surface area contributed by atoms with Gasteiger partial charge >= 0.3 is 17.7 Å². The highest BCUT2D eigenvalue weighted by Gasteiger charge is 2.52. The van der Waals surface area contributed by atoms with E-state index in [0.29, 0.717) is 5.02 Å². The standard InChI is InChI=1S/C57H69ClN2O18/c1-26-14-12-17-36(31(6)75-55(70)56(9,10)23-41(63)59-24-34-15-13-16-35(58)20-34)47(65)28(3)46(64)29(4)50(76-33(8)61)27(2)39(77-42-22-40-52(32(7)74-42)72-25-71-40)18-19-73-57(11)53(68)45-43-38(62)21-37(60-54(26)69)49(67)44(43)48(66)30(5)51(45)78-57/h12-21,27-29,31-32,36,39-40,42,46-47,50,52,64-66H,22-25H2,1-11H3,(H,59,63)(H,60,69)/b17-12+,19-18+,26-14-/t27-,28+,29-,31?,32-,36-,39+,40+,42+,46-,47-,50-,52-,57+/m1/s1. The van der Waals surface area contributed by atoms with Gasteiger partial charge in [-0.2, -0.15) is 0 Å². The highest BCUT2D eigenvalue weighted by Crippen LogP contribution is 2.48. The minimum atomic E-state index is -2.18. The van der Waals surface area contributed by atoms with Gasteiger partial charge in [0.05, 0.1) is 64.6 Å². The molecule has 1 unspecified atom stereocenters. The Balaban J connectivity index is 1.25. The van der Waals surface area contributed by atoms with E-state index < -0.39 is 141 Å². The summed E-state index contributed by atoms with van der Waals surface area (Å²) in [4.78, 5) is 96.3. The quantitative estimate of drug-likeness (QED) is 0.166. The molecular weight excluding hydrogens is 1040 g/mol. The monoisotopic (exact) mass is 1100 g/mol. The van der Waals surface area contributed by atoms with E-state index in [1.165, 1.54) is 72.8 Å². The molecule has 8 rings (SSSR count). The van der Waals surface area contributed by atoms with Crippen LogP contribution < -0.4 is 15.4 Å². The zero-order chi connectivity index (χ0) is 57.3. The summed E-state index contributed by atoms with van der Waals surface area (Å²) in [6.07, 6.45) is -1.01. The molecule has 2 aromatic rings. The first-order valence-electron chi connectivity index (χ1n) is 25.9. The maximum absolute atomic E-state index is 14.4. The third-order valence-corrected chi connectivity index (χ3v) is 15.4. The summed E-state index contributed by atoms with van der Waals surface area (Å²) >= 11 is 6.11. The topological polar surface area (TPSA) is 278 Å². The molecule has 78 heavy (non-hydrogen) atoms. The highest BCUT2D eigenvalue weighted by atomic mass is 35.5. The Hall–Kier alpha value is -6.26. The number of phenols is 1. The minimum Gasteiger partial charge on any atom is -0.507 e. The molecular formula is C57H69ClN2O18. The largest absolute Gasteiger partial charge is 0.507 e. The third kappa shape index (κ3) is 12.6. The van der Waals surface area contributed by atoms with E-state index in [4.69, 9.17) is 49.5 Å². The molecule has 5 bridgehead atoms. The smallest absolute Gasteiger partial charge is 0.312 e. The number of amides is 2. The number of hydrogen-bond acceptors (Lipinski definition) is 18. The first-order chi connectivity index (χ1) is 36.6. The number of aliphatic hydroxyl groups excluding tert-OH is 2. The average Bonchev–Trinajstić information content (AvgIpc) is 4.00. The van der Waals surface area contributed by atoms with Crippen LogP contribution in [0.4, 0.5) is 0 Å². The summed E-state index contributed by atoms with van der Waals surface area (Å²) in [5.41, 5.74) is -2.52. The molecule has 1 aliphatic carbocycles. The lowest BCUT2D eigenvalue weighted by Gasteiger charge is -2.41. The van der Waals surface area contributed by atoms with E-state index in [0.717, 1.165) is 17.9 Å². The van der Waals surface area contributed by atoms with Crippen molar-refractivity contribution in [3.63, 3.8) is 0 Å². The fourth-order valence-electron chi connectivity index (χ4n) is 10.4. The number of hydrogen-bond donors (Lipinski definition) is 5. The Morgan fingerprint density at radius 3 is 2.38 bits per heavy atom. The highest BCUT2D eigenvalue weighted by molar-refractivity contribution is 6.31. The lowest BCUT2D eigenvalue weighted by Crippen LogP contribution is -2.50. The minimum absolute atomic E-state index is 0.0111. The SMILES string of the molecule is CC(=O)O[C@H]1[C@H](C)[C@H](O)[C@H](C)[C@@H](O)[C@@H](C(C)OC(=O)C(C)(C)CC(=O)NCc2cccc(Cl)c2)/C=C/C=C(/C)C(=O)NC2=CC(=O)c3c(c(O)c(C)c4c3C(=O)[C@@](C)(O/C=C/[C@H](O[C@H]3C[C@@H]5OCO[C@@H]5[C@@H](C)O3)[C@H]1C)O4)C2=O. The summed E-state index contributed by atoms with van der Waals surface area (Å²) in [6, 6.07) is 6.93. The lowest BCUT2D eigenvalue weighted by atomic mass is 9.77. The number of esters is 2. The van der Waals surface area contributed by atoms with Gasteiger partial charge in [-0.3, -0.25) is 33.6 Å². The molecule has 21 heteroatoms. The summed E-state index contributed by atoms with van der Waals surface area (Å²) < 4.78 is 48.5. The third-order valence-electron chi connectivity index (χ3n) is 15.1. The number of phenolic OH excluding ortho intramolecular Hbond substituents is 1. The Morgan fingerprint density at radius 2 is 1.69 bits per heavy atom. The van der Waals surface area contributed by atoms with Crippen LogP contribution in [0.3, 0.4) is 0 Å². The van der Waals surface area contributed by atoms with Crippen LogP contribution in [0.15, 0.2) is 72.2 Å². The number of ketones is 3. The first kappa shape index (κ1) is 59.4. The van der Waals surface area contributed by atoms with Gasteiger partial charge in [0, 0.05) is 79.1 Å². The van der Waals surface area contributed by atoms with Crippen LogP contribution in [0.1, 0.15) is 124 Å². The fourth-order valence-corrected chi connectivity index (χ4v) is 10.6. The van der Waals surface area contributed by atoms with Crippen LogP contribution in [0.5, 0.6) is 11.5 Å². The first-order valence-corrected chi connectivity index (χ1v) is 26.3. The van der Waals surface area contributed by atoms with E-state index >= 15 is 0 Å². The number of nitrogens with one attached hydrogen (secondary N) is 2. The van der Waals surface area contributed by atoms with E-state index in [-0.39, 0.29) is 60.8 Å². The van der Waals surface area contributed by atoms with Gasteiger partial charge in [0.15, 0.2) is 12.1 Å². The maximum Gasteiger partial charge on any atom is 0.312 e. The number of aliphatic hydroxyl groups is 2. The molecule has 6 aliphatic rings. The maximum atomic E-state index is 14.4. The number of allylic oxidation sites excluding steroid dienone is 4.